The standard InChI is InChI=1S/C10H8N6OS/c1-6-13-14-10(18-6)12-9(17)7-2-3-8-11-4-5-16(8)15-7/h2-5H,1H3,(H,12,14,17). The second-order valence-electron chi connectivity index (χ2n) is 3.53. The number of fused-ring (bicyclic) bond motifs is 1. The maximum Gasteiger partial charge on any atom is 0.277 e. The van der Waals surface area contributed by atoms with Crippen molar-refractivity contribution in [2.45, 2.75) is 6.92 Å². The highest BCUT2D eigenvalue weighted by Crippen LogP contribution is 2.14. The molecule has 8 heteroatoms. The number of amides is 1. The molecule has 3 rings (SSSR count). The Balaban J connectivity index is 1.87. The van der Waals surface area contributed by atoms with Crippen LogP contribution in [0.4, 0.5) is 5.13 Å². The highest BCUT2D eigenvalue weighted by atomic mass is 32.1. The summed E-state index contributed by atoms with van der Waals surface area (Å²) >= 11 is 1.31. The van der Waals surface area contributed by atoms with Crippen molar-refractivity contribution in [3.8, 4) is 0 Å². The summed E-state index contributed by atoms with van der Waals surface area (Å²) in [6.07, 6.45) is 3.30. The number of anilines is 1. The van der Waals surface area contributed by atoms with Crippen LogP contribution in [0.3, 0.4) is 0 Å². The number of hydrogen-bond acceptors (Lipinski definition) is 6. The molecule has 0 unspecified atom stereocenters. The highest BCUT2D eigenvalue weighted by Gasteiger charge is 2.11. The van der Waals surface area contributed by atoms with E-state index in [1.807, 2.05) is 6.92 Å². The van der Waals surface area contributed by atoms with Gasteiger partial charge in [-0.05, 0) is 19.1 Å². The zero-order chi connectivity index (χ0) is 12.5. The van der Waals surface area contributed by atoms with E-state index in [9.17, 15) is 4.79 Å². The lowest BCUT2D eigenvalue weighted by atomic mass is 10.4. The van der Waals surface area contributed by atoms with Crippen molar-refractivity contribution in [3.63, 3.8) is 0 Å². The summed E-state index contributed by atoms with van der Waals surface area (Å²) in [5.41, 5.74) is 0.992. The Morgan fingerprint density at radius 2 is 2.28 bits per heavy atom. The van der Waals surface area contributed by atoms with Crippen LogP contribution in [0.2, 0.25) is 0 Å². The Bertz CT molecular complexity index is 718. The molecule has 1 amide bonds. The Morgan fingerprint density at radius 3 is 3.06 bits per heavy atom. The summed E-state index contributed by atoms with van der Waals surface area (Å²) in [5.74, 6) is -0.318. The molecule has 3 aromatic heterocycles. The van der Waals surface area contributed by atoms with Gasteiger partial charge in [0, 0.05) is 12.4 Å². The van der Waals surface area contributed by atoms with Crippen molar-refractivity contribution in [3.05, 3.63) is 35.2 Å². The summed E-state index contributed by atoms with van der Waals surface area (Å²) in [6, 6.07) is 3.35. The van der Waals surface area contributed by atoms with E-state index in [1.165, 1.54) is 11.3 Å². The fourth-order valence-electron chi connectivity index (χ4n) is 1.44. The number of rotatable bonds is 2. The fraction of sp³-hybridized carbons (Fsp3) is 0.100. The van der Waals surface area contributed by atoms with Gasteiger partial charge in [0.15, 0.2) is 5.65 Å². The first-order valence-electron chi connectivity index (χ1n) is 5.14. The minimum Gasteiger partial charge on any atom is -0.295 e. The Kier molecular flexibility index (Phi) is 2.49. The zero-order valence-electron chi connectivity index (χ0n) is 9.36. The number of carbonyl (C=O) groups is 1. The molecule has 1 N–H and O–H groups in total. The first-order chi connectivity index (χ1) is 8.72. The quantitative estimate of drug-likeness (QED) is 0.746. The van der Waals surface area contributed by atoms with Gasteiger partial charge >= 0.3 is 0 Å². The van der Waals surface area contributed by atoms with Gasteiger partial charge in [-0.2, -0.15) is 5.10 Å². The molecule has 0 aliphatic heterocycles. The van der Waals surface area contributed by atoms with Gasteiger partial charge in [0.1, 0.15) is 10.7 Å². The smallest absolute Gasteiger partial charge is 0.277 e. The van der Waals surface area contributed by atoms with E-state index in [0.717, 1.165) is 5.01 Å². The molecule has 0 spiro atoms. The van der Waals surface area contributed by atoms with Crippen molar-refractivity contribution in [1.82, 2.24) is 24.8 Å². The number of nitrogens with zero attached hydrogens (tertiary/aromatic N) is 5. The predicted molar refractivity (Wildman–Crippen MR) is 65.6 cm³/mol. The van der Waals surface area contributed by atoms with Crippen LogP contribution in [0.15, 0.2) is 24.5 Å². The molecule has 0 bridgehead atoms. The SMILES string of the molecule is Cc1nnc(NC(=O)c2ccc3nccn3n2)s1. The van der Waals surface area contributed by atoms with Gasteiger partial charge in [-0.3, -0.25) is 10.1 Å². The van der Waals surface area contributed by atoms with Gasteiger partial charge in [-0.1, -0.05) is 11.3 Å². The molecule has 0 radical (unpaired) electrons. The maximum absolute atomic E-state index is 11.9. The van der Waals surface area contributed by atoms with Crippen molar-refractivity contribution in [2.75, 3.05) is 5.32 Å². The maximum atomic E-state index is 11.9. The number of aromatic nitrogens is 5. The van der Waals surface area contributed by atoms with Gasteiger partial charge in [0.2, 0.25) is 5.13 Å². The minimum atomic E-state index is -0.318. The summed E-state index contributed by atoms with van der Waals surface area (Å²) in [6.45, 7) is 1.82. The van der Waals surface area contributed by atoms with E-state index in [0.29, 0.717) is 16.5 Å². The third-order valence-corrected chi connectivity index (χ3v) is 2.99. The first-order valence-corrected chi connectivity index (χ1v) is 5.96. The molecule has 7 nitrogen and oxygen atoms in total. The van der Waals surface area contributed by atoms with E-state index in [2.05, 4.69) is 25.6 Å². The second-order valence-corrected chi connectivity index (χ2v) is 4.71. The van der Waals surface area contributed by atoms with Crippen LogP contribution >= 0.6 is 11.3 Å². The second kappa shape index (κ2) is 4.15. The number of nitrogens with one attached hydrogen (secondary N) is 1. The highest BCUT2D eigenvalue weighted by molar-refractivity contribution is 7.15. The minimum absolute atomic E-state index is 0.299. The molecule has 3 heterocycles. The Labute approximate surface area is 106 Å². The molecule has 90 valence electrons. The molecule has 0 aliphatic carbocycles. The van der Waals surface area contributed by atoms with E-state index in [1.54, 1.807) is 29.0 Å². The molecule has 0 fully saturated rings. The third-order valence-electron chi connectivity index (χ3n) is 2.23. The van der Waals surface area contributed by atoms with Crippen LogP contribution in [-0.2, 0) is 0 Å². The molecular weight excluding hydrogens is 252 g/mol. The van der Waals surface area contributed by atoms with Gasteiger partial charge in [0.05, 0.1) is 0 Å². The number of hydrogen-bond donors (Lipinski definition) is 1. The molecule has 0 saturated carbocycles. The van der Waals surface area contributed by atoms with Crippen LogP contribution in [0.1, 0.15) is 15.5 Å². The molecular formula is C10H8N6OS. The van der Waals surface area contributed by atoms with Crippen LogP contribution in [-0.4, -0.2) is 30.7 Å². The summed E-state index contributed by atoms with van der Waals surface area (Å²) in [4.78, 5) is 16.0. The average molecular weight is 260 g/mol. The summed E-state index contributed by atoms with van der Waals surface area (Å²) < 4.78 is 1.54. The largest absolute Gasteiger partial charge is 0.295 e. The van der Waals surface area contributed by atoms with Crippen LogP contribution in [0, 0.1) is 6.92 Å². The molecule has 0 saturated heterocycles. The monoisotopic (exact) mass is 260 g/mol. The Morgan fingerprint density at radius 1 is 1.39 bits per heavy atom. The summed E-state index contributed by atoms with van der Waals surface area (Å²) in [5, 5.41) is 15.7. The normalized spacial score (nSPS) is 10.7. The van der Waals surface area contributed by atoms with E-state index >= 15 is 0 Å². The number of imidazole rings is 1. The van der Waals surface area contributed by atoms with Gasteiger partial charge < -0.3 is 0 Å². The van der Waals surface area contributed by atoms with Crippen molar-refractivity contribution in [1.29, 1.82) is 0 Å². The lowest BCUT2D eigenvalue weighted by Crippen LogP contribution is -2.14. The molecule has 0 atom stereocenters. The van der Waals surface area contributed by atoms with E-state index < -0.39 is 0 Å². The van der Waals surface area contributed by atoms with Crippen molar-refractivity contribution < 1.29 is 4.79 Å². The molecule has 0 aliphatic rings. The molecule has 0 aromatic carbocycles. The van der Waals surface area contributed by atoms with Gasteiger partial charge in [-0.25, -0.2) is 9.50 Å². The third kappa shape index (κ3) is 1.93. The summed E-state index contributed by atoms with van der Waals surface area (Å²) in [7, 11) is 0. The first kappa shape index (κ1) is 10.8. The van der Waals surface area contributed by atoms with Crippen molar-refractivity contribution >= 4 is 28.0 Å². The zero-order valence-corrected chi connectivity index (χ0v) is 10.2. The lowest BCUT2D eigenvalue weighted by molar-refractivity contribution is 0.102. The topological polar surface area (TPSA) is 85.1 Å². The predicted octanol–water partition coefficient (Wildman–Crippen LogP) is 1.14. The fourth-order valence-corrected chi connectivity index (χ4v) is 2.03. The van der Waals surface area contributed by atoms with Crippen LogP contribution in [0.5, 0.6) is 0 Å². The van der Waals surface area contributed by atoms with Crippen LogP contribution < -0.4 is 5.32 Å². The van der Waals surface area contributed by atoms with E-state index in [4.69, 9.17) is 0 Å². The van der Waals surface area contributed by atoms with Crippen molar-refractivity contribution in [2.24, 2.45) is 0 Å². The average Bonchev–Trinajstić information content (AvgIpc) is 2.96. The number of carbonyl (C=O) groups excluding carboxylic acids is 1. The number of aryl methyl sites for hydroxylation is 1. The lowest BCUT2D eigenvalue weighted by Gasteiger charge is -2.00. The van der Waals surface area contributed by atoms with Gasteiger partial charge in [-0.15, -0.1) is 10.2 Å². The van der Waals surface area contributed by atoms with Crippen LogP contribution in [0.25, 0.3) is 5.65 Å². The molecule has 18 heavy (non-hydrogen) atoms. The van der Waals surface area contributed by atoms with Gasteiger partial charge in [0.25, 0.3) is 5.91 Å². The molecule has 3 aromatic rings. The van der Waals surface area contributed by atoms with E-state index in [-0.39, 0.29) is 5.91 Å². The Hall–Kier alpha value is -2.35.